The molecule has 0 radical (unpaired) electrons. The van der Waals surface area contributed by atoms with Crippen LogP contribution >= 0.6 is 0 Å². The van der Waals surface area contributed by atoms with E-state index in [0.29, 0.717) is 50.6 Å². The Morgan fingerprint density at radius 2 is 1.24 bits per heavy atom. The lowest BCUT2D eigenvalue weighted by atomic mass is 10.2. The van der Waals surface area contributed by atoms with Crippen LogP contribution in [0.15, 0.2) is 47.4 Å². The monoisotopic (exact) mass is 475 g/mol. The third kappa shape index (κ3) is 4.62. The highest BCUT2D eigenvalue weighted by Gasteiger charge is 2.31. The van der Waals surface area contributed by atoms with Crippen LogP contribution in [0.25, 0.3) is 0 Å². The van der Waals surface area contributed by atoms with Crippen molar-refractivity contribution in [1.82, 2.24) is 4.31 Å². The number of piperazine rings is 1. The highest BCUT2D eigenvalue weighted by molar-refractivity contribution is 7.89. The van der Waals surface area contributed by atoms with E-state index in [1.165, 1.54) is 22.5 Å². The molecule has 2 heterocycles. The Morgan fingerprint density at radius 3 is 1.82 bits per heavy atom. The quantitative estimate of drug-likeness (QED) is 0.460. The first-order valence-corrected chi connectivity index (χ1v) is 12.2. The zero-order valence-corrected chi connectivity index (χ0v) is 18.8. The number of rotatable bonds is 6. The number of para-hydroxylation sites is 2. The van der Waals surface area contributed by atoms with E-state index >= 15 is 0 Å². The van der Waals surface area contributed by atoms with Crippen LogP contribution in [0.2, 0.25) is 0 Å². The van der Waals surface area contributed by atoms with Crippen LogP contribution in [0.3, 0.4) is 0 Å². The first kappa shape index (κ1) is 22.9. The van der Waals surface area contributed by atoms with E-state index in [1.54, 1.807) is 18.2 Å². The zero-order valence-electron chi connectivity index (χ0n) is 18.0. The minimum atomic E-state index is -3.78. The summed E-state index contributed by atoms with van der Waals surface area (Å²) in [6, 6.07) is 10.6. The van der Waals surface area contributed by atoms with E-state index in [2.05, 4.69) is 0 Å². The first-order chi connectivity index (χ1) is 15.8. The molecule has 2 aliphatic rings. The van der Waals surface area contributed by atoms with E-state index in [1.807, 2.05) is 9.80 Å². The molecule has 2 aromatic rings. The minimum absolute atomic E-state index is 0.0178. The van der Waals surface area contributed by atoms with Gasteiger partial charge >= 0.3 is 0 Å². The molecule has 176 valence electrons. The summed E-state index contributed by atoms with van der Waals surface area (Å²) in [5.41, 5.74) is 0.621. The fourth-order valence-corrected chi connectivity index (χ4v) is 5.94. The van der Waals surface area contributed by atoms with Crippen LogP contribution in [0.1, 0.15) is 19.3 Å². The number of piperidine rings is 1. The Morgan fingerprint density at radius 1 is 0.697 bits per heavy atom. The molecule has 11 nitrogen and oxygen atoms in total. The molecular formula is C21H25N5O6S. The third-order valence-electron chi connectivity index (χ3n) is 6.14. The Labute approximate surface area is 191 Å². The fraction of sp³-hybridized carbons (Fsp3) is 0.429. The number of benzene rings is 2. The highest BCUT2D eigenvalue weighted by atomic mass is 32.2. The van der Waals surface area contributed by atoms with E-state index in [9.17, 15) is 28.6 Å². The van der Waals surface area contributed by atoms with Crippen LogP contribution in [-0.4, -0.2) is 61.8 Å². The van der Waals surface area contributed by atoms with Crippen molar-refractivity contribution >= 4 is 32.8 Å². The van der Waals surface area contributed by atoms with Crippen LogP contribution in [0, 0.1) is 20.2 Å². The van der Waals surface area contributed by atoms with Gasteiger partial charge in [-0.15, -0.1) is 0 Å². The van der Waals surface area contributed by atoms with Gasteiger partial charge in [0.2, 0.25) is 10.0 Å². The van der Waals surface area contributed by atoms with Crippen molar-refractivity contribution < 1.29 is 18.3 Å². The second kappa shape index (κ2) is 9.32. The smallest absolute Gasteiger partial charge is 0.293 e. The summed E-state index contributed by atoms with van der Waals surface area (Å²) in [4.78, 5) is 25.8. The first-order valence-electron chi connectivity index (χ1n) is 10.8. The molecule has 0 spiro atoms. The molecule has 12 heteroatoms. The van der Waals surface area contributed by atoms with Gasteiger partial charge in [-0.05, 0) is 31.0 Å². The third-order valence-corrected chi connectivity index (χ3v) is 8.03. The topological polar surface area (TPSA) is 130 Å². The van der Waals surface area contributed by atoms with Gasteiger partial charge in [-0.25, -0.2) is 8.42 Å². The Hall–Kier alpha value is -3.25. The Bertz CT molecular complexity index is 1160. The summed E-state index contributed by atoms with van der Waals surface area (Å²) in [5, 5.41) is 23.1. The molecule has 0 N–H and O–H groups in total. The molecule has 0 bridgehead atoms. The molecule has 0 amide bonds. The van der Waals surface area contributed by atoms with Gasteiger partial charge in [0.25, 0.3) is 11.4 Å². The van der Waals surface area contributed by atoms with E-state index in [0.717, 1.165) is 25.3 Å². The van der Waals surface area contributed by atoms with Crippen molar-refractivity contribution in [3.8, 4) is 0 Å². The van der Waals surface area contributed by atoms with Gasteiger partial charge in [0.15, 0.2) is 0 Å². The lowest BCUT2D eigenvalue weighted by molar-refractivity contribution is -0.384. The van der Waals surface area contributed by atoms with Crippen LogP contribution in [0.4, 0.5) is 22.7 Å². The fourth-order valence-electron chi connectivity index (χ4n) is 4.41. The normalized spacial score (nSPS) is 17.7. The van der Waals surface area contributed by atoms with Gasteiger partial charge in [-0.3, -0.25) is 20.2 Å². The van der Waals surface area contributed by atoms with E-state index in [4.69, 9.17) is 0 Å². The SMILES string of the molecule is O=[N+]([O-])c1ccccc1N1CCN(c2ccc(S(=O)(=O)N3CCCCC3)cc2[N+](=O)[O-])CC1. The van der Waals surface area contributed by atoms with Crippen molar-refractivity contribution in [3.63, 3.8) is 0 Å². The summed E-state index contributed by atoms with van der Waals surface area (Å²) < 4.78 is 27.3. The standard InChI is InChI=1S/C21H25N5O6S/c27-25(28)20-7-3-2-6-18(20)22-12-14-23(15-13-22)19-9-8-17(16-21(19)26(29)30)33(31,32)24-10-4-1-5-11-24/h2-3,6-9,16H,1,4-5,10-15H2. The molecule has 0 aliphatic carbocycles. The number of hydrogen-bond acceptors (Lipinski definition) is 8. The largest absolute Gasteiger partial charge is 0.362 e. The number of nitrogens with zero attached hydrogens (tertiary/aromatic N) is 5. The maximum atomic E-state index is 13.0. The maximum Gasteiger partial charge on any atom is 0.293 e. The molecule has 0 atom stereocenters. The molecule has 4 rings (SSSR count). The van der Waals surface area contributed by atoms with Gasteiger partial charge in [0, 0.05) is 51.4 Å². The van der Waals surface area contributed by atoms with Gasteiger partial charge in [0.1, 0.15) is 11.4 Å². The van der Waals surface area contributed by atoms with Crippen molar-refractivity contribution in [2.24, 2.45) is 0 Å². The molecule has 33 heavy (non-hydrogen) atoms. The summed E-state index contributed by atoms with van der Waals surface area (Å²) >= 11 is 0. The highest BCUT2D eigenvalue weighted by Crippen LogP contribution is 2.34. The number of sulfonamides is 1. The van der Waals surface area contributed by atoms with Gasteiger partial charge < -0.3 is 9.80 Å². The zero-order chi connectivity index (χ0) is 23.6. The number of hydrogen-bond donors (Lipinski definition) is 0. The molecular weight excluding hydrogens is 450 g/mol. The predicted molar refractivity (Wildman–Crippen MR) is 123 cm³/mol. The van der Waals surface area contributed by atoms with Crippen molar-refractivity contribution in [1.29, 1.82) is 0 Å². The predicted octanol–water partition coefficient (Wildman–Crippen LogP) is 3.00. The molecule has 0 aromatic heterocycles. The van der Waals surface area contributed by atoms with Crippen molar-refractivity contribution in [3.05, 3.63) is 62.7 Å². The van der Waals surface area contributed by atoms with Gasteiger partial charge in [0.05, 0.1) is 14.7 Å². The summed E-state index contributed by atoms with van der Waals surface area (Å²) in [5.74, 6) is 0. The second-order valence-electron chi connectivity index (χ2n) is 8.09. The number of nitro groups is 2. The lowest BCUT2D eigenvalue weighted by Gasteiger charge is -2.36. The summed E-state index contributed by atoms with van der Waals surface area (Å²) in [7, 11) is -3.78. The molecule has 0 saturated carbocycles. The van der Waals surface area contributed by atoms with Crippen LogP contribution < -0.4 is 9.80 Å². The number of anilines is 2. The van der Waals surface area contributed by atoms with Gasteiger partial charge in [-0.1, -0.05) is 18.6 Å². The van der Waals surface area contributed by atoms with E-state index < -0.39 is 19.9 Å². The van der Waals surface area contributed by atoms with Crippen LogP contribution in [-0.2, 0) is 10.0 Å². The summed E-state index contributed by atoms with van der Waals surface area (Å²) in [6.07, 6.45) is 2.54. The molecule has 2 fully saturated rings. The second-order valence-corrected chi connectivity index (χ2v) is 10.0. The average Bonchev–Trinajstić information content (AvgIpc) is 2.84. The lowest BCUT2D eigenvalue weighted by Crippen LogP contribution is -2.46. The van der Waals surface area contributed by atoms with Crippen molar-refractivity contribution in [2.45, 2.75) is 24.2 Å². The molecule has 2 aliphatic heterocycles. The molecule has 0 unspecified atom stereocenters. The maximum absolute atomic E-state index is 13.0. The Kier molecular flexibility index (Phi) is 6.47. The average molecular weight is 476 g/mol. The van der Waals surface area contributed by atoms with Gasteiger partial charge in [-0.2, -0.15) is 4.31 Å². The Balaban J connectivity index is 1.55. The van der Waals surface area contributed by atoms with Crippen LogP contribution in [0.5, 0.6) is 0 Å². The van der Waals surface area contributed by atoms with Crippen molar-refractivity contribution in [2.75, 3.05) is 49.1 Å². The number of nitro benzene ring substituents is 2. The molecule has 2 saturated heterocycles. The minimum Gasteiger partial charge on any atom is -0.362 e. The molecule has 2 aromatic carbocycles. The summed E-state index contributed by atoms with van der Waals surface area (Å²) in [6.45, 7) is 2.54. The van der Waals surface area contributed by atoms with E-state index in [-0.39, 0.29) is 16.3 Å².